The fraction of sp³-hybridized carbons (Fsp3) is 0.708. The minimum atomic E-state index is -0.847. The lowest BCUT2D eigenvalue weighted by Gasteiger charge is -2.30. The number of nitrogens with one attached hydrogen (secondary N) is 2. The van der Waals surface area contributed by atoms with E-state index in [0.29, 0.717) is 32.2 Å². The number of likely N-dealkylation sites (tertiary alicyclic amines) is 1. The number of amides is 4. The van der Waals surface area contributed by atoms with Gasteiger partial charge in [0.1, 0.15) is 12.5 Å². The first-order chi connectivity index (χ1) is 17.0. The number of nitrogens with zero attached hydrogens (tertiary/aromatic N) is 2. The highest BCUT2D eigenvalue weighted by molar-refractivity contribution is 8.00. The van der Waals surface area contributed by atoms with Crippen molar-refractivity contribution in [3.8, 4) is 6.07 Å². The molecule has 0 aromatic rings. The molecule has 0 radical (unpaired) electrons. The van der Waals surface area contributed by atoms with Crippen molar-refractivity contribution in [1.82, 2.24) is 15.5 Å². The van der Waals surface area contributed by atoms with Gasteiger partial charge in [-0.3, -0.25) is 33.7 Å². The summed E-state index contributed by atoms with van der Waals surface area (Å²) in [5, 5.41) is 13.4. The third-order valence-electron chi connectivity index (χ3n) is 6.39. The number of hydrogen-bond donors (Lipinski definition) is 2. The van der Waals surface area contributed by atoms with E-state index in [4.69, 9.17) is 10.00 Å². The quantitative estimate of drug-likeness (QED) is 0.212. The molecule has 12 heteroatoms. The Morgan fingerprint density at radius 1 is 1.17 bits per heavy atom. The summed E-state index contributed by atoms with van der Waals surface area (Å²) in [6.45, 7) is 4.63. The molecule has 0 aromatic carbocycles. The van der Waals surface area contributed by atoms with E-state index < -0.39 is 23.2 Å². The van der Waals surface area contributed by atoms with Crippen molar-refractivity contribution >= 4 is 47.1 Å². The molecule has 0 spiro atoms. The van der Waals surface area contributed by atoms with Crippen LogP contribution in [0.2, 0.25) is 0 Å². The Bertz CT molecular complexity index is 911. The van der Waals surface area contributed by atoms with E-state index in [2.05, 4.69) is 10.6 Å². The van der Waals surface area contributed by atoms with Gasteiger partial charge in [-0.2, -0.15) is 5.26 Å². The average Bonchev–Trinajstić information content (AvgIpc) is 3.11. The van der Waals surface area contributed by atoms with Gasteiger partial charge in [-0.25, -0.2) is 0 Å². The summed E-state index contributed by atoms with van der Waals surface area (Å²) in [4.78, 5) is 73.5. The lowest BCUT2D eigenvalue weighted by Crippen LogP contribution is -2.41. The second kappa shape index (κ2) is 14.0. The van der Waals surface area contributed by atoms with E-state index >= 15 is 0 Å². The summed E-state index contributed by atoms with van der Waals surface area (Å²) in [7, 11) is 0. The molecule has 2 aliphatic rings. The van der Waals surface area contributed by atoms with Crippen LogP contribution >= 0.6 is 11.8 Å². The van der Waals surface area contributed by atoms with E-state index in [9.17, 15) is 28.8 Å². The zero-order valence-electron chi connectivity index (χ0n) is 20.9. The van der Waals surface area contributed by atoms with Crippen LogP contribution in [0.3, 0.4) is 0 Å². The van der Waals surface area contributed by atoms with Crippen molar-refractivity contribution < 1.29 is 33.5 Å². The number of rotatable bonds is 12. The number of carbonyl (C=O) groups excluding carboxylic acids is 6. The van der Waals surface area contributed by atoms with Crippen LogP contribution in [0.4, 0.5) is 0 Å². The second-order valence-electron chi connectivity index (χ2n) is 9.26. The van der Waals surface area contributed by atoms with Crippen molar-refractivity contribution in [2.24, 2.45) is 17.8 Å². The summed E-state index contributed by atoms with van der Waals surface area (Å²) in [5.74, 6) is -2.47. The van der Waals surface area contributed by atoms with Gasteiger partial charge in [-0.05, 0) is 45.4 Å². The van der Waals surface area contributed by atoms with Gasteiger partial charge in [0.05, 0.1) is 23.9 Å². The summed E-state index contributed by atoms with van der Waals surface area (Å²) in [6, 6.07) is 1.09. The highest BCUT2D eigenvalue weighted by Crippen LogP contribution is 2.32. The molecule has 198 valence electrons. The average molecular weight is 523 g/mol. The van der Waals surface area contributed by atoms with Crippen LogP contribution < -0.4 is 10.6 Å². The minimum absolute atomic E-state index is 0.00226. The van der Waals surface area contributed by atoms with Crippen LogP contribution in [-0.2, 0) is 33.5 Å². The predicted octanol–water partition coefficient (Wildman–Crippen LogP) is 0.566. The summed E-state index contributed by atoms with van der Waals surface area (Å²) in [6.07, 6.45) is 2.75. The molecule has 2 N–H and O–H groups in total. The van der Waals surface area contributed by atoms with Crippen LogP contribution in [-0.4, -0.2) is 77.0 Å². The van der Waals surface area contributed by atoms with E-state index in [-0.39, 0.29) is 66.6 Å². The SMILES string of the molecule is CC(=O)NC(CSC1CC(=O)N(CC2CCC(C(=O)NCCOC(=O)C(C)C#N)CC2)C1=O)C(C)=O. The molecule has 1 saturated heterocycles. The molecular formula is C24H34N4O7S. The Balaban J connectivity index is 1.73. The number of esters is 1. The Kier molecular flexibility index (Phi) is 11.4. The smallest absolute Gasteiger partial charge is 0.323 e. The van der Waals surface area contributed by atoms with E-state index in [1.165, 1.54) is 37.4 Å². The monoisotopic (exact) mass is 522 g/mol. The fourth-order valence-electron chi connectivity index (χ4n) is 4.21. The number of carbonyl (C=O) groups is 6. The summed E-state index contributed by atoms with van der Waals surface area (Å²) >= 11 is 1.21. The first-order valence-electron chi connectivity index (χ1n) is 12.1. The number of imide groups is 1. The summed E-state index contributed by atoms with van der Waals surface area (Å²) in [5.41, 5.74) is 0. The Hall–Kier alpha value is -2.94. The van der Waals surface area contributed by atoms with Gasteiger partial charge in [-0.1, -0.05) is 0 Å². The molecule has 1 saturated carbocycles. The van der Waals surface area contributed by atoms with E-state index in [0.717, 1.165) is 0 Å². The zero-order valence-corrected chi connectivity index (χ0v) is 21.7. The third-order valence-corrected chi connectivity index (χ3v) is 7.68. The molecule has 2 rings (SSSR count). The molecule has 3 atom stereocenters. The molecule has 1 aliphatic heterocycles. The first kappa shape index (κ1) is 29.3. The number of hydrogen-bond acceptors (Lipinski definition) is 9. The van der Waals surface area contributed by atoms with Gasteiger partial charge in [0, 0.05) is 31.6 Å². The second-order valence-corrected chi connectivity index (χ2v) is 10.5. The minimum Gasteiger partial charge on any atom is -0.463 e. The summed E-state index contributed by atoms with van der Waals surface area (Å²) < 4.78 is 4.93. The number of thioether (sulfide) groups is 1. The standard InChI is InChI=1S/C24H34N4O7S/c1-14(11-25)24(34)35-9-8-26-22(32)18-6-4-17(5-7-18)12-28-21(31)10-20(23(28)33)36-13-19(15(2)29)27-16(3)30/h14,17-20H,4-10,12-13H2,1-3H3,(H,26,32)(H,27,30). The highest BCUT2D eigenvalue weighted by Gasteiger charge is 2.41. The predicted molar refractivity (Wildman–Crippen MR) is 130 cm³/mol. The Morgan fingerprint density at radius 2 is 1.83 bits per heavy atom. The molecule has 4 amide bonds. The van der Waals surface area contributed by atoms with Crippen LogP contribution in [0.25, 0.3) is 0 Å². The van der Waals surface area contributed by atoms with Crippen LogP contribution in [0.15, 0.2) is 0 Å². The maximum Gasteiger partial charge on any atom is 0.323 e. The number of nitriles is 1. The Labute approximate surface area is 215 Å². The first-order valence-corrected chi connectivity index (χ1v) is 13.2. The van der Waals surface area contributed by atoms with Gasteiger partial charge in [0.2, 0.25) is 23.6 Å². The van der Waals surface area contributed by atoms with Crippen LogP contribution in [0, 0.1) is 29.1 Å². The molecule has 3 unspecified atom stereocenters. The van der Waals surface area contributed by atoms with E-state index in [1.54, 1.807) is 6.07 Å². The van der Waals surface area contributed by atoms with Crippen molar-refractivity contribution in [2.75, 3.05) is 25.4 Å². The van der Waals surface area contributed by atoms with Gasteiger partial charge in [0.25, 0.3) is 0 Å². The van der Waals surface area contributed by atoms with Crippen LogP contribution in [0.5, 0.6) is 0 Å². The lowest BCUT2D eigenvalue weighted by molar-refractivity contribution is -0.146. The molecule has 1 heterocycles. The molecule has 2 fully saturated rings. The lowest BCUT2D eigenvalue weighted by atomic mass is 9.81. The third kappa shape index (κ3) is 8.62. The van der Waals surface area contributed by atoms with Gasteiger partial charge in [0.15, 0.2) is 5.78 Å². The number of ether oxygens (including phenoxy) is 1. The number of Topliss-reactive ketones (excluding diaryl/α,β-unsaturated/α-hetero) is 1. The molecule has 1 aliphatic carbocycles. The maximum absolute atomic E-state index is 12.8. The van der Waals surface area contributed by atoms with Crippen LogP contribution in [0.1, 0.15) is 52.9 Å². The van der Waals surface area contributed by atoms with Gasteiger partial charge < -0.3 is 15.4 Å². The van der Waals surface area contributed by atoms with Crippen molar-refractivity contribution in [3.63, 3.8) is 0 Å². The highest BCUT2D eigenvalue weighted by atomic mass is 32.2. The maximum atomic E-state index is 12.8. The zero-order chi connectivity index (χ0) is 26.8. The topological polar surface area (TPSA) is 163 Å². The molecule has 11 nitrogen and oxygen atoms in total. The van der Waals surface area contributed by atoms with Crippen molar-refractivity contribution in [3.05, 3.63) is 0 Å². The molecular weight excluding hydrogens is 488 g/mol. The van der Waals surface area contributed by atoms with E-state index in [1.807, 2.05) is 0 Å². The number of ketones is 1. The molecule has 0 aromatic heterocycles. The normalized spacial score (nSPS) is 23.4. The van der Waals surface area contributed by atoms with Crippen molar-refractivity contribution in [2.45, 2.75) is 64.2 Å². The van der Waals surface area contributed by atoms with Gasteiger partial charge in [-0.15, -0.1) is 11.8 Å². The fourth-order valence-corrected chi connectivity index (χ4v) is 5.48. The van der Waals surface area contributed by atoms with Crippen molar-refractivity contribution in [1.29, 1.82) is 5.26 Å². The Morgan fingerprint density at radius 3 is 2.42 bits per heavy atom. The molecule has 0 bridgehead atoms. The largest absolute Gasteiger partial charge is 0.463 e. The van der Waals surface area contributed by atoms with Gasteiger partial charge >= 0.3 is 5.97 Å². The molecule has 36 heavy (non-hydrogen) atoms.